The Morgan fingerprint density at radius 3 is 2.31 bits per heavy atom. The van der Waals surface area contributed by atoms with Gasteiger partial charge in [-0.15, -0.1) is 0 Å². The Morgan fingerprint density at radius 1 is 1.38 bits per heavy atom. The summed E-state index contributed by atoms with van der Waals surface area (Å²) >= 11 is 5.47. The molecule has 2 nitrogen and oxygen atoms in total. The lowest BCUT2D eigenvalue weighted by atomic mass is 10.2. The van der Waals surface area contributed by atoms with Crippen LogP contribution in [-0.2, 0) is 0 Å². The smallest absolute Gasteiger partial charge is 0.208 e. The summed E-state index contributed by atoms with van der Waals surface area (Å²) in [7, 11) is 0. The molecule has 1 aliphatic rings. The number of halogens is 3. The largest absolute Gasteiger partial charge is 0.456 e. The second kappa shape index (κ2) is 3.86. The van der Waals surface area contributed by atoms with Crippen LogP contribution in [0.15, 0.2) is 12.1 Å². The zero-order chi connectivity index (χ0) is 11.9. The van der Waals surface area contributed by atoms with Gasteiger partial charge in [0.2, 0.25) is 5.79 Å². The average molecular weight is 249 g/mol. The molecule has 88 valence electrons. The molecule has 0 aromatic heterocycles. The normalized spacial score (nSPS) is 19.3. The fourth-order valence-corrected chi connectivity index (χ4v) is 1.73. The van der Waals surface area contributed by atoms with Crippen molar-refractivity contribution in [3.8, 4) is 5.75 Å². The predicted octanol–water partition coefficient (Wildman–Crippen LogP) is 3.12. The van der Waals surface area contributed by atoms with E-state index in [1.54, 1.807) is 0 Å². The van der Waals surface area contributed by atoms with Crippen LogP contribution in [0.5, 0.6) is 5.75 Å². The van der Waals surface area contributed by atoms with Crippen LogP contribution >= 0.6 is 11.6 Å². The Bertz CT molecular complexity index is 393. The molecule has 1 fully saturated rings. The number of ether oxygens (including phenoxy) is 1. The molecule has 0 spiro atoms. The maximum atomic E-state index is 13.4. The number of benzene rings is 1. The van der Waals surface area contributed by atoms with Crippen LogP contribution in [0.3, 0.4) is 0 Å². The van der Waals surface area contributed by atoms with Crippen molar-refractivity contribution in [1.82, 2.24) is 0 Å². The van der Waals surface area contributed by atoms with E-state index >= 15 is 0 Å². The molecule has 1 saturated carbocycles. The molecule has 2 rings (SSSR count). The Balaban J connectivity index is 2.27. The molecule has 1 aromatic rings. The number of aliphatic hydroxyl groups is 1. The monoisotopic (exact) mass is 248 g/mol. The highest BCUT2D eigenvalue weighted by Gasteiger charge is 2.43. The molecule has 16 heavy (non-hydrogen) atoms. The van der Waals surface area contributed by atoms with E-state index in [0.717, 1.165) is 25.0 Å². The van der Waals surface area contributed by atoms with Crippen molar-refractivity contribution in [2.75, 3.05) is 0 Å². The lowest BCUT2D eigenvalue weighted by Gasteiger charge is -2.25. The molecule has 0 amide bonds. The van der Waals surface area contributed by atoms with E-state index in [-0.39, 0.29) is 10.9 Å². The Morgan fingerprint density at radius 2 is 1.88 bits per heavy atom. The third-order valence-corrected chi connectivity index (χ3v) is 2.82. The van der Waals surface area contributed by atoms with Crippen molar-refractivity contribution in [3.05, 3.63) is 28.8 Å². The predicted molar refractivity (Wildman–Crippen MR) is 55.3 cm³/mol. The highest BCUT2D eigenvalue weighted by atomic mass is 35.5. The average Bonchev–Trinajstić information content (AvgIpc) is 2.94. The maximum Gasteiger partial charge on any atom is 0.208 e. The Hall–Kier alpha value is -0.870. The van der Waals surface area contributed by atoms with Crippen molar-refractivity contribution in [3.63, 3.8) is 0 Å². The molecule has 0 saturated heterocycles. The van der Waals surface area contributed by atoms with E-state index in [4.69, 9.17) is 16.3 Å². The van der Waals surface area contributed by atoms with E-state index in [1.165, 1.54) is 6.92 Å². The van der Waals surface area contributed by atoms with E-state index < -0.39 is 23.2 Å². The Labute approximate surface area is 96.8 Å². The summed E-state index contributed by atoms with van der Waals surface area (Å²) in [4.78, 5) is 0. The van der Waals surface area contributed by atoms with E-state index in [2.05, 4.69) is 0 Å². The van der Waals surface area contributed by atoms with Crippen molar-refractivity contribution < 1.29 is 18.6 Å². The van der Waals surface area contributed by atoms with E-state index in [9.17, 15) is 13.9 Å². The summed E-state index contributed by atoms with van der Waals surface area (Å²) < 4.78 is 31.7. The van der Waals surface area contributed by atoms with Crippen LogP contribution in [0.1, 0.15) is 19.8 Å². The number of rotatable bonds is 3. The molecule has 1 atom stereocenters. The van der Waals surface area contributed by atoms with Gasteiger partial charge >= 0.3 is 0 Å². The lowest BCUT2D eigenvalue weighted by Crippen LogP contribution is -2.35. The van der Waals surface area contributed by atoms with Gasteiger partial charge in [-0.3, -0.25) is 0 Å². The molecule has 0 heterocycles. The zero-order valence-electron chi connectivity index (χ0n) is 8.64. The van der Waals surface area contributed by atoms with Gasteiger partial charge in [0, 0.05) is 17.9 Å². The fourth-order valence-electron chi connectivity index (χ4n) is 1.54. The molecule has 1 unspecified atom stereocenters. The quantitative estimate of drug-likeness (QED) is 0.833. The second-order valence-corrected chi connectivity index (χ2v) is 4.57. The van der Waals surface area contributed by atoms with Gasteiger partial charge in [-0.1, -0.05) is 11.6 Å². The highest BCUT2D eigenvalue weighted by Crippen LogP contribution is 2.41. The summed E-state index contributed by atoms with van der Waals surface area (Å²) in [5.74, 6) is -4.00. The van der Waals surface area contributed by atoms with Gasteiger partial charge in [-0.25, -0.2) is 8.78 Å². The highest BCUT2D eigenvalue weighted by molar-refractivity contribution is 6.30. The van der Waals surface area contributed by atoms with Crippen LogP contribution in [0.2, 0.25) is 5.02 Å². The molecule has 5 heteroatoms. The molecule has 0 radical (unpaired) electrons. The lowest BCUT2D eigenvalue weighted by molar-refractivity contribution is -0.141. The van der Waals surface area contributed by atoms with Crippen molar-refractivity contribution in [1.29, 1.82) is 0 Å². The summed E-state index contributed by atoms with van der Waals surface area (Å²) in [5, 5.41) is 9.79. The minimum absolute atomic E-state index is 0.0478. The van der Waals surface area contributed by atoms with Gasteiger partial charge in [-0.05, 0) is 25.0 Å². The van der Waals surface area contributed by atoms with Gasteiger partial charge in [0.15, 0.2) is 17.4 Å². The van der Waals surface area contributed by atoms with Gasteiger partial charge in [0.05, 0.1) is 0 Å². The number of hydrogen-bond donors (Lipinski definition) is 1. The summed E-state index contributed by atoms with van der Waals surface area (Å²) in [6.45, 7) is 1.40. The second-order valence-electron chi connectivity index (χ2n) is 4.13. The molecule has 1 aliphatic carbocycles. The third-order valence-electron chi connectivity index (χ3n) is 2.61. The van der Waals surface area contributed by atoms with Crippen molar-refractivity contribution in [2.45, 2.75) is 25.6 Å². The first-order valence-electron chi connectivity index (χ1n) is 4.96. The minimum Gasteiger partial charge on any atom is -0.456 e. The van der Waals surface area contributed by atoms with Crippen LogP contribution in [0, 0.1) is 17.6 Å². The van der Waals surface area contributed by atoms with Crippen LogP contribution in [0.25, 0.3) is 0 Å². The first kappa shape index (κ1) is 11.6. The van der Waals surface area contributed by atoms with Crippen molar-refractivity contribution in [2.24, 2.45) is 5.92 Å². The molecular formula is C11H11ClF2O2. The van der Waals surface area contributed by atoms with E-state index in [0.29, 0.717) is 0 Å². The van der Waals surface area contributed by atoms with Crippen LogP contribution < -0.4 is 4.74 Å². The van der Waals surface area contributed by atoms with E-state index in [1.807, 2.05) is 0 Å². The van der Waals surface area contributed by atoms with Gasteiger partial charge < -0.3 is 9.84 Å². The van der Waals surface area contributed by atoms with Crippen LogP contribution in [0.4, 0.5) is 8.78 Å². The molecular weight excluding hydrogens is 238 g/mol. The summed E-state index contributed by atoms with van der Waals surface area (Å²) in [6, 6.07) is 1.89. The SMILES string of the molecule is CC(O)(Oc1c(F)cc(Cl)cc1F)C1CC1. The standard InChI is InChI=1S/C11H11ClF2O2/c1-11(15,6-2-3-6)16-10-8(13)4-7(12)5-9(10)14/h4-6,15H,2-3H2,1H3. The minimum atomic E-state index is -1.53. The summed E-state index contributed by atoms with van der Waals surface area (Å²) in [6.07, 6.45) is 1.59. The van der Waals surface area contributed by atoms with Gasteiger partial charge in [-0.2, -0.15) is 0 Å². The van der Waals surface area contributed by atoms with Crippen LogP contribution in [-0.4, -0.2) is 10.9 Å². The summed E-state index contributed by atoms with van der Waals surface area (Å²) in [5.41, 5.74) is 0. The zero-order valence-corrected chi connectivity index (χ0v) is 9.39. The topological polar surface area (TPSA) is 29.5 Å². The maximum absolute atomic E-state index is 13.4. The van der Waals surface area contributed by atoms with Gasteiger partial charge in [0.25, 0.3) is 0 Å². The molecule has 0 aliphatic heterocycles. The first-order valence-corrected chi connectivity index (χ1v) is 5.34. The fraction of sp³-hybridized carbons (Fsp3) is 0.455. The third kappa shape index (κ3) is 2.28. The van der Waals surface area contributed by atoms with Gasteiger partial charge in [0.1, 0.15) is 0 Å². The molecule has 1 N–H and O–H groups in total. The molecule has 1 aromatic carbocycles. The first-order chi connectivity index (χ1) is 7.40. The Kier molecular flexibility index (Phi) is 2.80. The van der Waals surface area contributed by atoms with Crippen molar-refractivity contribution >= 4 is 11.6 Å². The number of hydrogen-bond acceptors (Lipinski definition) is 2. The molecule has 0 bridgehead atoms.